The number of esters is 1. The zero-order valence-corrected chi connectivity index (χ0v) is 8.40. The summed E-state index contributed by atoms with van der Waals surface area (Å²) in [6.07, 6.45) is 9.81. The number of methoxy groups -OCH3 is 1. The van der Waals surface area contributed by atoms with Crippen LogP contribution in [0.2, 0.25) is 0 Å². The lowest BCUT2D eigenvalue weighted by molar-refractivity contribution is -0.140. The minimum absolute atomic E-state index is 0.124. The standard InChI is InChI=1S/C10H15N2O2/c1-14-10(13)5-3-2-4-7-12-8-6-11-9-12/h8-9H,2-5,7H2,1H3. The van der Waals surface area contributed by atoms with Crippen LogP contribution in [0.5, 0.6) is 0 Å². The van der Waals surface area contributed by atoms with Crippen LogP contribution >= 0.6 is 0 Å². The number of carbonyl (C=O) groups excluding carboxylic acids is 1. The molecule has 0 amide bonds. The first-order valence-electron chi connectivity index (χ1n) is 4.77. The van der Waals surface area contributed by atoms with Crippen molar-refractivity contribution in [3.05, 3.63) is 18.7 Å². The van der Waals surface area contributed by atoms with Crippen LogP contribution in [-0.2, 0) is 16.1 Å². The van der Waals surface area contributed by atoms with Crippen LogP contribution in [0, 0.1) is 6.20 Å². The summed E-state index contributed by atoms with van der Waals surface area (Å²) < 4.78 is 6.53. The third-order valence-corrected chi connectivity index (χ3v) is 2.03. The highest BCUT2D eigenvalue weighted by molar-refractivity contribution is 5.68. The Morgan fingerprint density at radius 2 is 2.36 bits per heavy atom. The average molecular weight is 195 g/mol. The first kappa shape index (κ1) is 10.8. The topological polar surface area (TPSA) is 44.1 Å². The van der Waals surface area contributed by atoms with Crippen LogP contribution in [0.1, 0.15) is 25.7 Å². The zero-order chi connectivity index (χ0) is 10.2. The van der Waals surface area contributed by atoms with Crippen molar-refractivity contribution in [2.24, 2.45) is 0 Å². The Hall–Kier alpha value is -1.32. The van der Waals surface area contributed by atoms with E-state index in [0.717, 1.165) is 25.8 Å². The zero-order valence-electron chi connectivity index (χ0n) is 8.40. The Morgan fingerprint density at radius 3 is 3.00 bits per heavy atom. The molecule has 0 aliphatic carbocycles. The van der Waals surface area contributed by atoms with Crippen molar-refractivity contribution in [2.45, 2.75) is 32.2 Å². The second kappa shape index (κ2) is 6.18. The number of aromatic nitrogens is 2. The molecule has 0 aromatic carbocycles. The minimum Gasteiger partial charge on any atom is -0.469 e. The van der Waals surface area contributed by atoms with Gasteiger partial charge in [0.05, 0.1) is 13.4 Å². The molecule has 77 valence electrons. The molecule has 0 saturated heterocycles. The molecule has 0 atom stereocenters. The summed E-state index contributed by atoms with van der Waals surface area (Å²) >= 11 is 0. The fourth-order valence-electron chi connectivity index (χ4n) is 1.21. The molecular formula is C10H15N2O2. The summed E-state index contributed by atoms with van der Waals surface area (Å²) in [5.41, 5.74) is 0. The predicted molar refractivity (Wildman–Crippen MR) is 51.5 cm³/mol. The number of ether oxygens (including phenoxy) is 1. The molecule has 0 saturated carbocycles. The van der Waals surface area contributed by atoms with Gasteiger partial charge in [-0.1, -0.05) is 6.42 Å². The van der Waals surface area contributed by atoms with E-state index in [1.807, 2.05) is 10.8 Å². The van der Waals surface area contributed by atoms with Gasteiger partial charge in [0.1, 0.15) is 6.20 Å². The van der Waals surface area contributed by atoms with Gasteiger partial charge in [-0.05, 0) is 12.8 Å². The van der Waals surface area contributed by atoms with Crippen LogP contribution in [0.25, 0.3) is 0 Å². The van der Waals surface area contributed by atoms with Crippen LogP contribution in [0.4, 0.5) is 0 Å². The number of nitrogens with zero attached hydrogens (tertiary/aromatic N) is 2. The molecule has 1 heterocycles. The molecule has 4 nitrogen and oxygen atoms in total. The van der Waals surface area contributed by atoms with Gasteiger partial charge in [-0.15, -0.1) is 0 Å². The molecule has 0 spiro atoms. The third kappa shape index (κ3) is 4.07. The lowest BCUT2D eigenvalue weighted by atomic mass is 10.2. The van der Waals surface area contributed by atoms with E-state index in [1.54, 1.807) is 6.33 Å². The number of rotatable bonds is 6. The van der Waals surface area contributed by atoms with Crippen LogP contribution in [0.3, 0.4) is 0 Å². The highest BCUT2D eigenvalue weighted by atomic mass is 16.5. The van der Waals surface area contributed by atoms with Crippen molar-refractivity contribution >= 4 is 5.97 Å². The van der Waals surface area contributed by atoms with Gasteiger partial charge in [0.15, 0.2) is 0 Å². The fraction of sp³-hybridized carbons (Fsp3) is 0.600. The van der Waals surface area contributed by atoms with E-state index >= 15 is 0 Å². The molecule has 1 radical (unpaired) electrons. The maximum Gasteiger partial charge on any atom is 0.305 e. The van der Waals surface area contributed by atoms with Gasteiger partial charge in [0, 0.05) is 19.2 Å². The molecule has 14 heavy (non-hydrogen) atoms. The largest absolute Gasteiger partial charge is 0.469 e. The minimum atomic E-state index is -0.124. The van der Waals surface area contributed by atoms with E-state index in [4.69, 9.17) is 0 Å². The van der Waals surface area contributed by atoms with E-state index in [1.165, 1.54) is 7.11 Å². The smallest absolute Gasteiger partial charge is 0.305 e. The van der Waals surface area contributed by atoms with E-state index in [-0.39, 0.29) is 5.97 Å². The van der Waals surface area contributed by atoms with Crippen LogP contribution < -0.4 is 0 Å². The third-order valence-electron chi connectivity index (χ3n) is 2.03. The molecule has 0 unspecified atom stereocenters. The lowest BCUT2D eigenvalue weighted by Crippen LogP contribution is -2.00. The summed E-state index contributed by atoms with van der Waals surface area (Å²) in [5.74, 6) is -0.124. The lowest BCUT2D eigenvalue weighted by Gasteiger charge is -2.01. The van der Waals surface area contributed by atoms with Crippen molar-refractivity contribution < 1.29 is 9.53 Å². The van der Waals surface area contributed by atoms with Gasteiger partial charge in [-0.2, -0.15) is 0 Å². The summed E-state index contributed by atoms with van der Waals surface area (Å²) in [4.78, 5) is 14.6. The maximum absolute atomic E-state index is 10.8. The summed E-state index contributed by atoms with van der Waals surface area (Å²) in [7, 11) is 1.42. The summed E-state index contributed by atoms with van der Waals surface area (Å²) in [6, 6.07) is 0. The van der Waals surface area contributed by atoms with E-state index in [2.05, 4.69) is 15.9 Å². The molecule has 0 aliphatic heterocycles. The maximum atomic E-state index is 10.8. The number of hydrogen-bond acceptors (Lipinski definition) is 3. The monoisotopic (exact) mass is 195 g/mol. The van der Waals surface area contributed by atoms with Gasteiger partial charge >= 0.3 is 5.97 Å². The van der Waals surface area contributed by atoms with E-state index < -0.39 is 0 Å². The molecule has 0 bridgehead atoms. The first-order valence-corrected chi connectivity index (χ1v) is 4.77. The Labute approximate surface area is 83.9 Å². The number of carbonyl (C=O) groups is 1. The highest BCUT2D eigenvalue weighted by Gasteiger charge is 1.98. The second-order valence-corrected chi connectivity index (χ2v) is 3.13. The van der Waals surface area contributed by atoms with Crippen molar-refractivity contribution in [2.75, 3.05) is 7.11 Å². The summed E-state index contributed by atoms with van der Waals surface area (Å²) in [6.45, 7) is 0.942. The van der Waals surface area contributed by atoms with Crippen molar-refractivity contribution in [3.8, 4) is 0 Å². The van der Waals surface area contributed by atoms with Crippen LogP contribution in [-0.4, -0.2) is 22.6 Å². The van der Waals surface area contributed by atoms with Gasteiger partial charge in [-0.25, -0.2) is 4.98 Å². The van der Waals surface area contributed by atoms with Gasteiger partial charge < -0.3 is 9.30 Å². The Balaban J connectivity index is 1.97. The highest BCUT2D eigenvalue weighted by Crippen LogP contribution is 2.02. The van der Waals surface area contributed by atoms with Gasteiger partial charge in [-0.3, -0.25) is 4.79 Å². The number of imidazole rings is 1. The van der Waals surface area contributed by atoms with E-state index in [0.29, 0.717) is 6.42 Å². The number of unbranched alkanes of at least 4 members (excludes halogenated alkanes) is 2. The van der Waals surface area contributed by atoms with Crippen LogP contribution in [0.15, 0.2) is 12.5 Å². The molecule has 1 aromatic heterocycles. The molecule has 0 fully saturated rings. The first-order chi connectivity index (χ1) is 6.83. The normalized spacial score (nSPS) is 10.1. The Kier molecular flexibility index (Phi) is 4.75. The van der Waals surface area contributed by atoms with Gasteiger partial charge in [0.2, 0.25) is 0 Å². The molecular weight excluding hydrogens is 180 g/mol. The Morgan fingerprint density at radius 1 is 1.50 bits per heavy atom. The fourth-order valence-corrected chi connectivity index (χ4v) is 1.21. The predicted octanol–water partition coefficient (Wildman–Crippen LogP) is 1.42. The van der Waals surface area contributed by atoms with Gasteiger partial charge in [0.25, 0.3) is 0 Å². The van der Waals surface area contributed by atoms with E-state index in [9.17, 15) is 4.79 Å². The van der Waals surface area contributed by atoms with Crippen molar-refractivity contribution in [3.63, 3.8) is 0 Å². The number of hydrogen-bond donors (Lipinski definition) is 0. The average Bonchev–Trinajstić information content (AvgIpc) is 2.69. The molecule has 1 aromatic rings. The molecule has 4 heteroatoms. The van der Waals surface area contributed by atoms with Crippen molar-refractivity contribution in [1.82, 2.24) is 9.55 Å². The number of aryl methyl sites for hydroxylation is 1. The Bertz CT molecular complexity index is 257. The molecule has 1 rings (SSSR count). The SMILES string of the molecule is COC(=O)CCCCCn1c[c]nc1. The summed E-state index contributed by atoms with van der Waals surface area (Å²) in [5, 5.41) is 0. The quantitative estimate of drug-likeness (QED) is 0.509. The molecule has 0 N–H and O–H groups in total. The molecule has 0 aliphatic rings. The van der Waals surface area contributed by atoms with Crippen molar-refractivity contribution in [1.29, 1.82) is 0 Å². The second-order valence-electron chi connectivity index (χ2n) is 3.13.